The zero-order chi connectivity index (χ0) is 15.2. The second-order valence-electron chi connectivity index (χ2n) is 5.61. The molecular weight excluding hydrogens is 266 g/mol. The Hall–Kier alpha value is -1.54. The minimum atomic E-state index is -1.08. The molecule has 4 N–H and O–H groups in total. The van der Waals surface area contributed by atoms with Crippen LogP contribution in [0.3, 0.4) is 0 Å². The number of nitrogens with one attached hydrogen (secondary N) is 3. The maximum Gasteiger partial charge on any atom is 0.407 e. The number of carbonyl (C=O) groups excluding carboxylic acids is 1. The maximum absolute atomic E-state index is 11.5. The number of ether oxygens (including phenoxy) is 2. The molecular formula is C12H23N3O5. The molecule has 0 unspecified atom stereocenters. The number of rotatable bonds is 4. The summed E-state index contributed by atoms with van der Waals surface area (Å²) in [5, 5.41) is 16.6. The smallest absolute Gasteiger partial charge is 0.407 e. The Balaban J connectivity index is 2.26. The van der Waals surface area contributed by atoms with E-state index in [1.165, 1.54) is 0 Å². The number of morpholine rings is 1. The highest BCUT2D eigenvalue weighted by molar-refractivity contribution is 5.67. The fourth-order valence-corrected chi connectivity index (χ4v) is 1.73. The van der Waals surface area contributed by atoms with Gasteiger partial charge >= 0.3 is 12.2 Å². The SMILES string of the molecule is CC(C)(C)OC(=O)NC[C@H]1CNC[C@H](CNC(=O)O)O1. The number of carbonyl (C=O) groups is 2. The van der Waals surface area contributed by atoms with E-state index in [-0.39, 0.29) is 18.8 Å². The molecule has 20 heavy (non-hydrogen) atoms. The molecule has 8 nitrogen and oxygen atoms in total. The highest BCUT2D eigenvalue weighted by Crippen LogP contribution is 2.07. The fraction of sp³-hybridized carbons (Fsp3) is 0.833. The van der Waals surface area contributed by atoms with Crippen molar-refractivity contribution in [2.45, 2.75) is 38.6 Å². The highest BCUT2D eigenvalue weighted by atomic mass is 16.6. The van der Waals surface area contributed by atoms with Crippen molar-refractivity contribution in [1.29, 1.82) is 0 Å². The molecule has 0 aromatic heterocycles. The molecule has 1 saturated heterocycles. The van der Waals surface area contributed by atoms with Gasteiger partial charge in [0, 0.05) is 26.2 Å². The molecule has 0 aliphatic carbocycles. The molecule has 1 heterocycles. The van der Waals surface area contributed by atoms with E-state index in [1.807, 2.05) is 0 Å². The van der Waals surface area contributed by atoms with Crippen molar-refractivity contribution >= 4 is 12.2 Å². The Kier molecular flexibility index (Phi) is 6.03. The first-order valence-electron chi connectivity index (χ1n) is 6.56. The van der Waals surface area contributed by atoms with Gasteiger partial charge in [-0.1, -0.05) is 0 Å². The van der Waals surface area contributed by atoms with Crippen molar-refractivity contribution in [2.24, 2.45) is 0 Å². The molecule has 0 radical (unpaired) electrons. The lowest BCUT2D eigenvalue weighted by molar-refractivity contribution is -0.0349. The van der Waals surface area contributed by atoms with Crippen LogP contribution in [0.4, 0.5) is 9.59 Å². The largest absolute Gasteiger partial charge is 0.465 e. The van der Waals surface area contributed by atoms with E-state index >= 15 is 0 Å². The number of amides is 2. The molecule has 1 fully saturated rings. The maximum atomic E-state index is 11.5. The van der Waals surface area contributed by atoms with Crippen molar-refractivity contribution < 1.29 is 24.2 Å². The van der Waals surface area contributed by atoms with Gasteiger partial charge < -0.3 is 30.5 Å². The van der Waals surface area contributed by atoms with E-state index < -0.39 is 17.8 Å². The Morgan fingerprint density at radius 3 is 2.30 bits per heavy atom. The summed E-state index contributed by atoms with van der Waals surface area (Å²) in [6, 6.07) is 0. The van der Waals surface area contributed by atoms with Crippen LogP contribution in [-0.4, -0.2) is 61.3 Å². The van der Waals surface area contributed by atoms with Crippen LogP contribution in [0.15, 0.2) is 0 Å². The summed E-state index contributed by atoms with van der Waals surface area (Å²) in [5.74, 6) is 0. The number of hydrogen-bond acceptors (Lipinski definition) is 5. The number of carboxylic acid groups (broad SMARTS) is 1. The van der Waals surface area contributed by atoms with Crippen LogP contribution in [0, 0.1) is 0 Å². The van der Waals surface area contributed by atoms with Gasteiger partial charge in [-0.25, -0.2) is 9.59 Å². The quantitative estimate of drug-likeness (QED) is 0.586. The topological polar surface area (TPSA) is 109 Å². The van der Waals surface area contributed by atoms with E-state index in [0.29, 0.717) is 19.6 Å². The van der Waals surface area contributed by atoms with Gasteiger partial charge in [-0.2, -0.15) is 0 Å². The van der Waals surface area contributed by atoms with Gasteiger partial charge in [0.05, 0.1) is 12.2 Å². The molecule has 116 valence electrons. The average Bonchev–Trinajstić information content (AvgIpc) is 2.32. The van der Waals surface area contributed by atoms with E-state index in [2.05, 4.69) is 16.0 Å². The van der Waals surface area contributed by atoms with Gasteiger partial charge in [0.25, 0.3) is 0 Å². The van der Waals surface area contributed by atoms with Crippen molar-refractivity contribution in [2.75, 3.05) is 26.2 Å². The molecule has 0 bridgehead atoms. The van der Waals surface area contributed by atoms with Crippen LogP contribution >= 0.6 is 0 Å². The van der Waals surface area contributed by atoms with Crippen molar-refractivity contribution in [3.63, 3.8) is 0 Å². The number of hydrogen-bond donors (Lipinski definition) is 4. The van der Waals surface area contributed by atoms with E-state index in [0.717, 1.165) is 0 Å². The molecule has 2 amide bonds. The molecule has 2 atom stereocenters. The third-order valence-electron chi connectivity index (χ3n) is 2.48. The minimum Gasteiger partial charge on any atom is -0.465 e. The molecule has 1 aliphatic heterocycles. The first kappa shape index (κ1) is 16.5. The van der Waals surface area contributed by atoms with Gasteiger partial charge in [-0.05, 0) is 20.8 Å². The Bertz CT molecular complexity index is 342. The molecule has 0 saturated carbocycles. The van der Waals surface area contributed by atoms with Crippen molar-refractivity contribution in [3.8, 4) is 0 Å². The van der Waals surface area contributed by atoms with E-state index in [9.17, 15) is 9.59 Å². The van der Waals surface area contributed by atoms with E-state index in [4.69, 9.17) is 14.6 Å². The van der Waals surface area contributed by atoms with Crippen LogP contribution < -0.4 is 16.0 Å². The summed E-state index contributed by atoms with van der Waals surface area (Å²) in [6.07, 6.45) is -2.03. The monoisotopic (exact) mass is 289 g/mol. The summed E-state index contributed by atoms with van der Waals surface area (Å²) in [6.45, 7) is 7.07. The summed E-state index contributed by atoms with van der Waals surface area (Å²) < 4.78 is 10.8. The summed E-state index contributed by atoms with van der Waals surface area (Å²) in [5.41, 5.74) is -0.538. The summed E-state index contributed by atoms with van der Waals surface area (Å²) in [7, 11) is 0. The van der Waals surface area contributed by atoms with Crippen LogP contribution in [0.5, 0.6) is 0 Å². The Morgan fingerprint density at radius 2 is 1.80 bits per heavy atom. The van der Waals surface area contributed by atoms with Crippen LogP contribution in [0.25, 0.3) is 0 Å². The second-order valence-corrected chi connectivity index (χ2v) is 5.61. The highest BCUT2D eigenvalue weighted by Gasteiger charge is 2.23. The van der Waals surface area contributed by atoms with Gasteiger partial charge in [-0.15, -0.1) is 0 Å². The molecule has 0 aromatic rings. The molecule has 0 spiro atoms. The summed E-state index contributed by atoms with van der Waals surface area (Å²) in [4.78, 5) is 21.9. The lowest BCUT2D eigenvalue weighted by Gasteiger charge is -2.31. The van der Waals surface area contributed by atoms with Crippen LogP contribution in [-0.2, 0) is 9.47 Å². The van der Waals surface area contributed by atoms with Crippen LogP contribution in [0.2, 0.25) is 0 Å². The molecule has 0 aromatic carbocycles. The standard InChI is InChI=1S/C12H23N3O5/c1-12(2,3)20-11(18)15-7-9-5-13-4-8(19-9)6-14-10(16)17/h8-9,13-14H,4-7H2,1-3H3,(H,15,18)(H,16,17)/t8-,9-/m1/s1. The average molecular weight is 289 g/mol. The first-order valence-corrected chi connectivity index (χ1v) is 6.56. The van der Waals surface area contributed by atoms with Crippen LogP contribution in [0.1, 0.15) is 20.8 Å². The predicted octanol–water partition coefficient (Wildman–Crippen LogP) is 0.136. The Morgan fingerprint density at radius 1 is 1.25 bits per heavy atom. The second kappa shape index (κ2) is 7.30. The van der Waals surface area contributed by atoms with Crippen molar-refractivity contribution in [1.82, 2.24) is 16.0 Å². The number of alkyl carbamates (subject to hydrolysis) is 1. The minimum absolute atomic E-state index is 0.211. The molecule has 8 heteroatoms. The van der Waals surface area contributed by atoms with Gasteiger partial charge in [0.1, 0.15) is 5.60 Å². The zero-order valence-corrected chi connectivity index (χ0v) is 12.1. The third kappa shape index (κ3) is 7.15. The first-order chi connectivity index (χ1) is 9.26. The normalized spacial score (nSPS) is 22.9. The fourth-order valence-electron chi connectivity index (χ4n) is 1.73. The van der Waals surface area contributed by atoms with Gasteiger partial charge in [-0.3, -0.25) is 0 Å². The molecule has 1 aliphatic rings. The molecule has 1 rings (SSSR count). The lowest BCUT2D eigenvalue weighted by atomic mass is 10.2. The van der Waals surface area contributed by atoms with Gasteiger partial charge in [0.15, 0.2) is 0 Å². The van der Waals surface area contributed by atoms with E-state index in [1.54, 1.807) is 20.8 Å². The summed E-state index contributed by atoms with van der Waals surface area (Å²) >= 11 is 0. The zero-order valence-electron chi connectivity index (χ0n) is 12.1. The third-order valence-corrected chi connectivity index (χ3v) is 2.48. The van der Waals surface area contributed by atoms with Crippen molar-refractivity contribution in [3.05, 3.63) is 0 Å². The van der Waals surface area contributed by atoms with Gasteiger partial charge in [0.2, 0.25) is 0 Å². The predicted molar refractivity (Wildman–Crippen MR) is 71.8 cm³/mol. The Labute approximate surface area is 118 Å². The lowest BCUT2D eigenvalue weighted by Crippen LogP contribution is -2.52.